The van der Waals surface area contributed by atoms with Crippen LogP contribution in [0.3, 0.4) is 0 Å². The first kappa shape index (κ1) is 20.0. The quantitative estimate of drug-likeness (QED) is 0.869. The molecule has 25 heavy (non-hydrogen) atoms. The zero-order valence-corrected chi connectivity index (χ0v) is 15.9. The van der Waals surface area contributed by atoms with Gasteiger partial charge < -0.3 is 15.5 Å². The van der Waals surface area contributed by atoms with Crippen molar-refractivity contribution < 1.29 is 9.59 Å². The Balaban J connectivity index is 0.00000225. The predicted octanol–water partition coefficient (Wildman–Crippen LogP) is 2.70. The van der Waals surface area contributed by atoms with E-state index < -0.39 is 0 Å². The van der Waals surface area contributed by atoms with Crippen LogP contribution in [0.4, 0.5) is 5.69 Å². The largest absolute Gasteiger partial charge is 0.338 e. The molecule has 2 aliphatic rings. The van der Waals surface area contributed by atoms with Crippen molar-refractivity contribution in [1.29, 1.82) is 0 Å². The molecule has 138 valence electrons. The summed E-state index contributed by atoms with van der Waals surface area (Å²) in [6.07, 6.45) is 2.18. The maximum atomic E-state index is 12.9. The molecule has 0 spiro atoms. The van der Waals surface area contributed by atoms with Gasteiger partial charge in [-0.1, -0.05) is 30.7 Å². The van der Waals surface area contributed by atoms with Gasteiger partial charge in [-0.05, 0) is 30.9 Å². The topological polar surface area (TPSA) is 66.6 Å². The van der Waals surface area contributed by atoms with Gasteiger partial charge in [-0.15, -0.1) is 12.4 Å². The van der Waals surface area contributed by atoms with Gasteiger partial charge >= 0.3 is 0 Å². The SMILES string of the molecule is CC1CCN(C(=O)C2CC(=O)N(c3ccccc3Cl)C2)C(CN)C1.Cl. The van der Waals surface area contributed by atoms with Crippen molar-refractivity contribution in [3.63, 3.8) is 0 Å². The maximum absolute atomic E-state index is 12.9. The number of carbonyl (C=O) groups excluding carboxylic acids is 2. The van der Waals surface area contributed by atoms with E-state index in [-0.39, 0.29) is 42.6 Å². The molecule has 0 radical (unpaired) electrons. The normalized spacial score (nSPS) is 26.5. The van der Waals surface area contributed by atoms with Crippen LogP contribution in [0.15, 0.2) is 24.3 Å². The number of piperidine rings is 1. The van der Waals surface area contributed by atoms with E-state index in [1.54, 1.807) is 11.0 Å². The monoisotopic (exact) mass is 385 g/mol. The summed E-state index contributed by atoms with van der Waals surface area (Å²) in [5, 5.41) is 0.533. The lowest BCUT2D eigenvalue weighted by molar-refractivity contribution is -0.139. The molecule has 2 aliphatic heterocycles. The Hall–Kier alpha value is -1.30. The highest BCUT2D eigenvalue weighted by Gasteiger charge is 2.40. The summed E-state index contributed by atoms with van der Waals surface area (Å²) in [4.78, 5) is 28.9. The van der Waals surface area contributed by atoms with Crippen LogP contribution in [0.25, 0.3) is 0 Å². The fraction of sp³-hybridized carbons (Fsp3) is 0.556. The van der Waals surface area contributed by atoms with Crippen molar-refractivity contribution in [3.05, 3.63) is 29.3 Å². The molecule has 3 rings (SSSR count). The molecule has 2 N–H and O–H groups in total. The number of rotatable bonds is 3. The number of carbonyl (C=O) groups is 2. The number of hydrogen-bond acceptors (Lipinski definition) is 3. The molecule has 0 aliphatic carbocycles. The molecular formula is C18H25Cl2N3O2. The Labute approximate surface area is 159 Å². The zero-order chi connectivity index (χ0) is 17.3. The molecule has 0 bridgehead atoms. The molecule has 1 aromatic rings. The Kier molecular flexibility index (Phi) is 6.72. The first-order chi connectivity index (χ1) is 11.5. The molecule has 2 fully saturated rings. The summed E-state index contributed by atoms with van der Waals surface area (Å²) >= 11 is 6.20. The molecule has 2 saturated heterocycles. The van der Waals surface area contributed by atoms with Gasteiger partial charge in [0.25, 0.3) is 0 Å². The number of hydrogen-bond donors (Lipinski definition) is 1. The van der Waals surface area contributed by atoms with Gasteiger partial charge in [-0.25, -0.2) is 0 Å². The predicted molar refractivity (Wildman–Crippen MR) is 102 cm³/mol. The van der Waals surface area contributed by atoms with E-state index in [2.05, 4.69) is 6.92 Å². The molecule has 3 unspecified atom stereocenters. The van der Waals surface area contributed by atoms with Crippen molar-refractivity contribution >= 4 is 41.5 Å². The van der Waals surface area contributed by atoms with Crippen molar-refractivity contribution in [3.8, 4) is 0 Å². The molecule has 7 heteroatoms. The van der Waals surface area contributed by atoms with Gasteiger partial charge in [0.1, 0.15) is 0 Å². The van der Waals surface area contributed by atoms with Gasteiger partial charge in [-0.3, -0.25) is 9.59 Å². The maximum Gasteiger partial charge on any atom is 0.228 e. The summed E-state index contributed by atoms with van der Waals surface area (Å²) < 4.78 is 0. The van der Waals surface area contributed by atoms with E-state index >= 15 is 0 Å². The van der Waals surface area contributed by atoms with Gasteiger partial charge in [0.15, 0.2) is 0 Å². The van der Waals surface area contributed by atoms with Crippen LogP contribution in [-0.2, 0) is 9.59 Å². The van der Waals surface area contributed by atoms with Crippen LogP contribution in [0.1, 0.15) is 26.2 Å². The van der Waals surface area contributed by atoms with Crippen molar-refractivity contribution in [2.45, 2.75) is 32.2 Å². The van der Waals surface area contributed by atoms with Crippen molar-refractivity contribution in [2.75, 3.05) is 24.5 Å². The second-order valence-corrected chi connectivity index (χ2v) is 7.31. The number of nitrogens with zero attached hydrogens (tertiary/aromatic N) is 2. The highest BCUT2D eigenvalue weighted by molar-refractivity contribution is 6.33. The number of anilines is 1. The molecule has 0 saturated carbocycles. The average Bonchev–Trinajstić information content (AvgIpc) is 2.96. The lowest BCUT2D eigenvalue weighted by atomic mass is 9.91. The third kappa shape index (κ3) is 4.10. The van der Waals surface area contributed by atoms with E-state index in [9.17, 15) is 9.59 Å². The van der Waals surface area contributed by atoms with Crippen LogP contribution in [0.5, 0.6) is 0 Å². The minimum absolute atomic E-state index is 0. The highest BCUT2D eigenvalue weighted by Crippen LogP contribution is 2.33. The smallest absolute Gasteiger partial charge is 0.228 e. The Bertz CT molecular complexity index is 641. The van der Waals surface area contributed by atoms with E-state index in [0.717, 1.165) is 19.4 Å². The number of halogens is 2. The third-order valence-electron chi connectivity index (χ3n) is 5.15. The third-order valence-corrected chi connectivity index (χ3v) is 5.47. The average molecular weight is 386 g/mol. The zero-order valence-electron chi connectivity index (χ0n) is 14.4. The van der Waals surface area contributed by atoms with Crippen LogP contribution in [0, 0.1) is 11.8 Å². The Morgan fingerprint density at radius 2 is 2.08 bits per heavy atom. The molecule has 1 aromatic carbocycles. The summed E-state index contributed by atoms with van der Waals surface area (Å²) in [6.45, 7) is 3.80. The summed E-state index contributed by atoms with van der Waals surface area (Å²) in [5.41, 5.74) is 6.55. The van der Waals surface area contributed by atoms with E-state index in [1.165, 1.54) is 0 Å². The van der Waals surface area contributed by atoms with E-state index in [4.69, 9.17) is 17.3 Å². The summed E-state index contributed by atoms with van der Waals surface area (Å²) in [5.74, 6) is 0.292. The summed E-state index contributed by atoms with van der Waals surface area (Å²) in [7, 11) is 0. The molecule has 5 nitrogen and oxygen atoms in total. The first-order valence-corrected chi connectivity index (χ1v) is 8.94. The van der Waals surface area contributed by atoms with Gasteiger partial charge in [0.05, 0.1) is 16.6 Å². The van der Waals surface area contributed by atoms with Crippen LogP contribution in [-0.4, -0.2) is 42.4 Å². The van der Waals surface area contributed by atoms with E-state index in [1.807, 2.05) is 23.1 Å². The van der Waals surface area contributed by atoms with Gasteiger partial charge in [0, 0.05) is 32.1 Å². The second-order valence-electron chi connectivity index (χ2n) is 6.91. The fourth-order valence-electron chi connectivity index (χ4n) is 3.78. The molecule has 2 amide bonds. The number of para-hydroxylation sites is 1. The van der Waals surface area contributed by atoms with Crippen molar-refractivity contribution in [2.24, 2.45) is 17.6 Å². The molecule has 0 aromatic heterocycles. The minimum Gasteiger partial charge on any atom is -0.338 e. The van der Waals surface area contributed by atoms with Crippen molar-refractivity contribution in [1.82, 2.24) is 4.90 Å². The first-order valence-electron chi connectivity index (χ1n) is 8.56. The van der Waals surface area contributed by atoms with Gasteiger partial charge in [0.2, 0.25) is 11.8 Å². The van der Waals surface area contributed by atoms with Crippen LogP contribution >= 0.6 is 24.0 Å². The molecular weight excluding hydrogens is 361 g/mol. The summed E-state index contributed by atoms with van der Waals surface area (Å²) in [6, 6.07) is 7.34. The Morgan fingerprint density at radius 1 is 1.36 bits per heavy atom. The minimum atomic E-state index is -0.309. The number of nitrogens with two attached hydrogens (primary N) is 1. The molecule has 2 heterocycles. The van der Waals surface area contributed by atoms with Gasteiger partial charge in [-0.2, -0.15) is 0 Å². The standard InChI is InChI=1S/C18H24ClN3O2.ClH/c1-12-6-7-21(14(8-12)10-20)18(24)13-9-17(23)22(11-13)16-5-3-2-4-15(16)19;/h2-5,12-14H,6-11,20H2,1H3;1H. The van der Waals surface area contributed by atoms with E-state index in [0.29, 0.717) is 29.7 Å². The lowest BCUT2D eigenvalue weighted by Gasteiger charge is -2.39. The number of benzene rings is 1. The highest BCUT2D eigenvalue weighted by atomic mass is 35.5. The fourth-order valence-corrected chi connectivity index (χ4v) is 4.01. The lowest BCUT2D eigenvalue weighted by Crippen LogP contribution is -2.51. The second kappa shape index (κ2) is 8.39. The van der Waals surface area contributed by atoms with Crippen LogP contribution in [0.2, 0.25) is 5.02 Å². The number of amides is 2. The number of likely N-dealkylation sites (tertiary alicyclic amines) is 1. The van der Waals surface area contributed by atoms with Crippen LogP contribution < -0.4 is 10.6 Å². The molecule has 3 atom stereocenters. The Morgan fingerprint density at radius 3 is 2.76 bits per heavy atom.